The highest BCUT2D eigenvalue weighted by molar-refractivity contribution is 6.41. The molecule has 38 heavy (non-hydrogen) atoms. The van der Waals surface area contributed by atoms with Crippen LogP contribution in [-0.2, 0) is 21.4 Å². The lowest BCUT2D eigenvalue weighted by molar-refractivity contribution is -0.676. The summed E-state index contributed by atoms with van der Waals surface area (Å²) in [5.74, 6) is -0.417. The number of rotatable bonds is 6. The van der Waals surface area contributed by atoms with Crippen molar-refractivity contribution in [3.8, 4) is 11.3 Å². The van der Waals surface area contributed by atoms with Crippen molar-refractivity contribution in [1.82, 2.24) is 4.90 Å². The third kappa shape index (κ3) is 4.34. The van der Waals surface area contributed by atoms with E-state index in [4.69, 9.17) is 9.15 Å². The maximum absolute atomic E-state index is 12.8. The molecule has 0 N–H and O–H groups in total. The van der Waals surface area contributed by atoms with Crippen LogP contribution in [0.1, 0.15) is 11.5 Å². The summed E-state index contributed by atoms with van der Waals surface area (Å²) in [6, 6.07) is 11.6. The number of hydrogen-bond acceptors (Lipinski definition) is 9. The van der Waals surface area contributed by atoms with Gasteiger partial charge < -0.3 is 14.1 Å². The summed E-state index contributed by atoms with van der Waals surface area (Å²) in [6.07, 6.45) is 6.10. The van der Waals surface area contributed by atoms with E-state index in [9.17, 15) is 29.8 Å². The molecule has 1 saturated carbocycles. The molecule has 190 valence electrons. The topological polar surface area (TPSA) is 150 Å². The number of oxazole rings is 1. The number of Topliss-reactive ketones (excluding diaryl/α,β-unsaturated/α-hetero) is 2. The number of carbonyl (C=O) groups excluding carboxylic acids is 2. The van der Waals surface area contributed by atoms with Crippen LogP contribution in [-0.4, -0.2) is 33.4 Å². The summed E-state index contributed by atoms with van der Waals surface area (Å²) in [5, 5.41) is 21.7. The number of aromatic nitrogens is 1. The van der Waals surface area contributed by atoms with Crippen LogP contribution >= 0.6 is 0 Å². The van der Waals surface area contributed by atoms with Crippen LogP contribution in [0.4, 0.5) is 11.4 Å². The van der Waals surface area contributed by atoms with Gasteiger partial charge in [0.05, 0.1) is 27.7 Å². The highest BCUT2D eigenvalue weighted by atomic mass is 16.6. The Morgan fingerprint density at radius 1 is 0.921 bits per heavy atom. The van der Waals surface area contributed by atoms with Crippen LogP contribution in [0.5, 0.6) is 0 Å². The first-order chi connectivity index (χ1) is 18.1. The minimum absolute atomic E-state index is 0.0174. The average molecular weight is 515 g/mol. The molecular weight excluding hydrogens is 496 g/mol. The predicted molar refractivity (Wildman–Crippen MR) is 131 cm³/mol. The van der Waals surface area contributed by atoms with E-state index in [0.29, 0.717) is 22.6 Å². The molecule has 1 fully saturated rings. The van der Waals surface area contributed by atoms with Crippen molar-refractivity contribution in [1.29, 1.82) is 0 Å². The van der Waals surface area contributed by atoms with E-state index in [0.717, 1.165) is 0 Å². The molecule has 1 aliphatic carbocycles. The molecule has 12 nitrogen and oxygen atoms in total. The van der Waals surface area contributed by atoms with Crippen molar-refractivity contribution < 1.29 is 33.2 Å². The van der Waals surface area contributed by atoms with Gasteiger partial charge in [0.15, 0.2) is 23.2 Å². The zero-order valence-electron chi connectivity index (χ0n) is 20.1. The highest BCUT2D eigenvalue weighted by Crippen LogP contribution is 2.34. The van der Waals surface area contributed by atoms with Gasteiger partial charge in [0.2, 0.25) is 12.0 Å². The van der Waals surface area contributed by atoms with Crippen molar-refractivity contribution in [2.75, 3.05) is 7.05 Å². The minimum Gasteiger partial charge on any atom is -0.439 e. The van der Waals surface area contributed by atoms with Crippen LogP contribution in [0.2, 0.25) is 0 Å². The second-order valence-corrected chi connectivity index (χ2v) is 8.63. The molecule has 5 rings (SSSR count). The van der Waals surface area contributed by atoms with Crippen molar-refractivity contribution in [2.24, 2.45) is 13.0 Å². The Bertz CT molecular complexity index is 1580. The SMILES string of the molecule is CN1C=C(c2ccc([N+](=O)[O-])cc2)O/C1=C\C1C(=O)C(=Cc2oc(-c3ccc([N+](=O)[O-])cc3)c[n+]2C)C1=O. The van der Waals surface area contributed by atoms with Gasteiger partial charge >= 0.3 is 5.89 Å². The lowest BCUT2D eigenvalue weighted by Gasteiger charge is -2.23. The second kappa shape index (κ2) is 9.24. The molecule has 0 spiro atoms. The smallest absolute Gasteiger partial charge is 0.374 e. The van der Waals surface area contributed by atoms with Gasteiger partial charge in [0, 0.05) is 42.4 Å². The summed E-state index contributed by atoms with van der Waals surface area (Å²) in [4.78, 5) is 48.0. The molecule has 1 aromatic heterocycles. The lowest BCUT2D eigenvalue weighted by atomic mass is 9.76. The van der Waals surface area contributed by atoms with E-state index in [1.54, 1.807) is 60.2 Å². The fourth-order valence-corrected chi connectivity index (χ4v) is 4.00. The fourth-order valence-electron chi connectivity index (χ4n) is 4.00. The van der Waals surface area contributed by atoms with Crippen LogP contribution < -0.4 is 4.57 Å². The Morgan fingerprint density at radius 2 is 1.47 bits per heavy atom. The predicted octanol–water partition coefficient (Wildman–Crippen LogP) is 3.54. The minimum atomic E-state index is -1.02. The molecule has 0 saturated heterocycles. The monoisotopic (exact) mass is 515 g/mol. The van der Waals surface area contributed by atoms with Crippen LogP contribution in [0.3, 0.4) is 0 Å². The second-order valence-electron chi connectivity index (χ2n) is 8.63. The Kier molecular flexibility index (Phi) is 5.91. The van der Waals surface area contributed by atoms with E-state index in [2.05, 4.69) is 0 Å². The largest absolute Gasteiger partial charge is 0.439 e. The molecule has 2 heterocycles. The lowest BCUT2D eigenvalue weighted by Crippen LogP contribution is -2.40. The summed E-state index contributed by atoms with van der Waals surface area (Å²) in [5.41, 5.74) is 1.08. The number of non-ortho nitro benzene ring substituents is 2. The fraction of sp³-hybridized carbons (Fsp3) is 0.115. The van der Waals surface area contributed by atoms with Crippen LogP contribution in [0.15, 0.2) is 82.9 Å². The Labute approximate surface area is 214 Å². The third-order valence-electron chi connectivity index (χ3n) is 6.14. The molecule has 0 unspecified atom stereocenters. The molecular formula is C26H19N4O8+. The summed E-state index contributed by atoms with van der Waals surface area (Å²) in [6.45, 7) is 0. The maximum atomic E-state index is 12.8. The number of carbonyl (C=O) groups is 2. The number of allylic oxidation sites excluding steroid dienone is 2. The highest BCUT2D eigenvalue weighted by Gasteiger charge is 2.44. The quantitative estimate of drug-likeness (QED) is 0.120. The summed E-state index contributed by atoms with van der Waals surface area (Å²) in [7, 11) is 3.38. The molecule has 12 heteroatoms. The average Bonchev–Trinajstić information content (AvgIpc) is 3.47. The first kappa shape index (κ1) is 24.3. The molecule has 2 aromatic carbocycles. The molecule has 0 radical (unpaired) electrons. The van der Waals surface area contributed by atoms with Gasteiger partial charge in [-0.3, -0.25) is 29.8 Å². The van der Waals surface area contributed by atoms with Gasteiger partial charge in [-0.1, -0.05) is 0 Å². The van der Waals surface area contributed by atoms with Crippen molar-refractivity contribution in [3.05, 3.63) is 110 Å². The van der Waals surface area contributed by atoms with Crippen LogP contribution in [0, 0.1) is 26.1 Å². The molecule has 1 aliphatic heterocycles. The van der Waals surface area contributed by atoms with E-state index >= 15 is 0 Å². The van der Waals surface area contributed by atoms with Gasteiger partial charge in [-0.05, 0) is 30.3 Å². The number of benzene rings is 2. The van der Waals surface area contributed by atoms with Gasteiger partial charge in [-0.15, -0.1) is 0 Å². The first-order valence-corrected chi connectivity index (χ1v) is 11.3. The Balaban J connectivity index is 1.30. The number of hydrogen-bond donors (Lipinski definition) is 0. The van der Waals surface area contributed by atoms with Gasteiger partial charge in [-0.2, -0.15) is 4.57 Å². The van der Waals surface area contributed by atoms with E-state index in [-0.39, 0.29) is 28.7 Å². The number of aryl methyl sites for hydroxylation is 1. The van der Waals surface area contributed by atoms with E-state index < -0.39 is 27.3 Å². The van der Waals surface area contributed by atoms with Crippen molar-refractivity contribution >= 4 is 34.8 Å². The van der Waals surface area contributed by atoms with Gasteiger partial charge in [0.1, 0.15) is 13.0 Å². The molecule has 0 amide bonds. The third-order valence-corrected chi connectivity index (χ3v) is 6.14. The van der Waals surface area contributed by atoms with Gasteiger partial charge in [0.25, 0.3) is 11.4 Å². The zero-order chi connectivity index (χ0) is 27.1. The maximum Gasteiger partial charge on any atom is 0.374 e. The van der Waals surface area contributed by atoms with Crippen LogP contribution in [0.25, 0.3) is 23.2 Å². The van der Waals surface area contributed by atoms with E-state index in [1.807, 2.05) is 0 Å². The Morgan fingerprint density at radius 3 is 2.03 bits per heavy atom. The number of ether oxygens (including phenoxy) is 1. The standard InChI is InChI=1S/C26H19N4O8/c1-27-13-21(15-3-7-17(8-4-15)29(33)34)37-23(27)11-19-25(31)20(26(19)32)12-24-28(2)14-22(38-24)16-5-9-18(10-6-16)30(35)36/h3-14,19H,1-2H3/q+1/b20-12?,23-11-. The summed E-state index contributed by atoms with van der Waals surface area (Å²) < 4.78 is 13.2. The van der Waals surface area contributed by atoms with Crippen molar-refractivity contribution in [3.63, 3.8) is 0 Å². The van der Waals surface area contributed by atoms with Crippen molar-refractivity contribution in [2.45, 2.75) is 0 Å². The first-order valence-electron chi connectivity index (χ1n) is 11.3. The number of ketones is 2. The zero-order valence-corrected chi connectivity index (χ0v) is 20.1. The molecule has 0 atom stereocenters. The number of nitro benzene ring substituents is 2. The van der Waals surface area contributed by atoms with E-state index in [1.165, 1.54) is 36.4 Å². The number of nitro groups is 2. The summed E-state index contributed by atoms with van der Waals surface area (Å²) >= 11 is 0. The molecule has 3 aromatic rings. The molecule has 0 bridgehead atoms. The van der Waals surface area contributed by atoms with Gasteiger partial charge in [-0.25, -0.2) is 0 Å². The molecule has 2 aliphatic rings. The normalized spacial score (nSPS) is 17.8. The Hall–Kier alpha value is -5.39. The number of nitrogens with zero attached hydrogens (tertiary/aromatic N) is 4.